The summed E-state index contributed by atoms with van der Waals surface area (Å²) < 4.78 is 0. The van der Waals surface area contributed by atoms with E-state index in [0.29, 0.717) is 6.54 Å². The van der Waals surface area contributed by atoms with Gasteiger partial charge in [0.25, 0.3) is 0 Å². The highest BCUT2D eigenvalue weighted by molar-refractivity contribution is 5.94. The lowest BCUT2D eigenvalue weighted by Crippen LogP contribution is -2.31. The third-order valence-electron chi connectivity index (χ3n) is 4.64. The molecule has 0 unspecified atom stereocenters. The van der Waals surface area contributed by atoms with Crippen molar-refractivity contribution in [3.05, 3.63) is 72.1 Å². The summed E-state index contributed by atoms with van der Waals surface area (Å²) in [5, 5.41) is 6.85. The molecule has 3 aromatic rings. The normalized spacial score (nSPS) is 14.4. The van der Waals surface area contributed by atoms with E-state index in [1.807, 2.05) is 46.5 Å². The van der Waals surface area contributed by atoms with Crippen molar-refractivity contribution in [2.75, 3.05) is 18.0 Å². The Kier molecular flexibility index (Phi) is 3.98. The summed E-state index contributed by atoms with van der Waals surface area (Å²) >= 11 is 0. The fraction of sp³-hybridized carbons (Fsp3) is 0.200. The summed E-state index contributed by atoms with van der Waals surface area (Å²) in [4.78, 5) is 16.5. The monoisotopic (exact) mass is 332 g/mol. The number of H-pyrrole nitrogens is 1. The Hall–Kier alpha value is -3.08. The molecule has 1 N–H and O–H groups in total. The third-order valence-corrected chi connectivity index (χ3v) is 4.64. The van der Waals surface area contributed by atoms with Crippen LogP contribution in [0.25, 0.3) is 11.1 Å². The largest absolute Gasteiger partial charge is 0.324 e. The molecule has 5 nitrogen and oxygen atoms in total. The minimum atomic E-state index is 0.0688. The number of hydrogen-bond donors (Lipinski definition) is 1. The van der Waals surface area contributed by atoms with Gasteiger partial charge in [0.2, 0.25) is 0 Å². The van der Waals surface area contributed by atoms with Gasteiger partial charge < -0.3 is 4.90 Å². The molecule has 0 saturated carbocycles. The van der Waals surface area contributed by atoms with Crippen LogP contribution in [0, 0.1) is 6.92 Å². The van der Waals surface area contributed by atoms with Gasteiger partial charge in [-0.25, -0.2) is 4.79 Å². The Labute approximate surface area is 146 Å². The first kappa shape index (κ1) is 15.4. The predicted octanol–water partition coefficient (Wildman–Crippen LogP) is 3.83. The van der Waals surface area contributed by atoms with Gasteiger partial charge in [0.05, 0.1) is 6.20 Å². The maximum Gasteiger partial charge on any atom is 0.324 e. The molecular weight excluding hydrogens is 312 g/mol. The zero-order valence-corrected chi connectivity index (χ0v) is 14.1. The van der Waals surface area contributed by atoms with Crippen LogP contribution in [0.3, 0.4) is 0 Å². The third kappa shape index (κ3) is 3.01. The van der Waals surface area contributed by atoms with Crippen LogP contribution in [-0.2, 0) is 6.54 Å². The van der Waals surface area contributed by atoms with Crippen LogP contribution in [0.2, 0.25) is 0 Å². The predicted molar refractivity (Wildman–Crippen MR) is 98.4 cm³/mol. The highest BCUT2D eigenvalue weighted by Gasteiger charge is 2.29. The molecule has 4 rings (SSSR count). The highest BCUT2D eigenvalue weighted by Crippen LogP contribution is 2.29. The van der Waals surface area contributed by atoms with Crippen molar-refractivity contribution in [3.8, 4) is 11.1 Å². The van der Waals surface area contributed by atoms with Crippen LogP contribution >= 0.6 is 0 Å². The Morgan fingerprint density at radius 2 is 1.96 bits per heavy atom. The van der Waals surface area contributed by atoms with E-state index >= 15 is 0 Å². The molecule has 0 spiro atoms. The average Bonchev–Trinajstić information content (AvgIpc) is 3.27. The molecule has 1 aliphatic heterocycles. The van der Waals surface area contributed by atoms with E-state index in [9.17, 15) is 4.79 Å². The zero-order chi connectivity index (χ0) is 17.2. The first-order valence-corrected chi connectivity index (χ1v) is 8.42. The lowest BCUT2D eigenvalue weighted by atomic mass is 10.0. The number of rotatable bonds is 4. The van der Waals surface area contributed by atoms with Gasteiger partial charge in [-0.05, 0) is 35.7 Å². The fourth-order valence-electron chi connectivity index (χ4n) is 3.31. The standard InChI is InChI=1S/C20H20N4O/c1-15-11-18(7-8-19(15)17-12-21-22-13-17)24-10-9-23(20(24)25)14-16-5-3-2-4-6-16/h2-8,11-13H,9-10,14H2,1H3,(H,21,22). The number of benzene rings is 2. The number of amides is 2. The van der Waals surface area contributed by atoms with E-state index in [1.165, 1.54) is 0 Å². The van der Waals surface area contributed by atoms with E-state index in [4.69, 9.17) is 0 Å². The Morgan fingerprint density at radius 3 is 2.68 bits per heavy atom. The molecule has 0 bridgehead atoms. The van der Waals surface area contributed by atoms with Crippen LogP contribution in [-0.4, -0.2) is 34.2 Å². The molecular formula is C20H20N4O. The smallest absolute Gasteiger partial charge is 0.318 e. The van der Waals surface area contributed by atoms with Gasteiger partial charge >= 0.3 is 6.03 Å². The number of aryl methyl sites for hydroxylation is 1. The van der Waals surface area contributed by atoms with E-state index in [2.05, 4.69) is 41.4 Å². The highest BCUT2D eigenvalue weighted by atomic mass is 16.2. The van der Waals surface area contributed by atoms with Gasteiger partial charge in [0.15, 0.2) is 0 Å². The second kappa shape index (κ2) is 6.43. The van der Waals surface area contributed by atoms with Gasteiger partial charge in [0, 0.05) is 37.1 Å². The van der Waals surface area contributed by atoms with Crippen LogP contribution in [0.15, 0.2) is 60.9 Å². The summed E-state index contributed by atoms with van der Waals surface area (Å²) in [5.74, 6) is 0. The molecule has 0 aliphatic carbocycles. The number of aromatic amines is 1. The molecule has 1 aliphatic rings. The molecule has 5 heteroatoms. The maximum atomic E-state index is 12.8. The Morgan fingerprint density at radius 1 is 1.12 bits per heavy atom. The van der Waals surface area contributed by atoms with E-state index in [0.717, 1.165) is 41.0 Å². The van der Waals surface area contributed by atoms with Crippen molar-refractivity contribution in [2.45, 2.75) is 13.5 Å². The molecule has 0 atom stereocenters. The van der Waals surface area contributed by atoms with Crippen molar-refractivity contribution in [2.24, 2.45) is 0 Å². The van der Waals surface area contributed by atoms with Crippen LogP contribution in [0.4, 0.5) is 10.5 Å². The topological polar surface area (TPSA) is 52.2 Å². The van der Waals surface area contributed by atoms with Crippen LogP contribution < -0.4 is 4.90 Å². The number of carbonyl (C=O) groups excluding carboxylic acids is 1. The molecule has 2 aromatic carbocycles. The van der Waals surface area contributed by atoms with Crippen molar-refractivity contribution in [1.82, 2.24) is 15.1 Å². The van der Waals surface area contributed by atoms with Crippen LogP contribution in [0.5, 0.6) is 0 Å². The van der Waals surface area contributed by atoms with E-state index in [-0.39, 0.29) is 6.03 Å². The first-order valence-electron chi connectivity index (χ1n) is 8.42. The number of nitrogens with one attached hydrogen (secondary N) is 1. The molecule has 25 heavy (non-hydrogen) atoms. The first-order chi connectivity index (χ1) is 12.2. The number of anilines is 1. The van der Waals surface area contributed by atoms with Crippen molar-refractivity contribution in [3.63, 3.8) is 0 Å². The Bertz CT molecular complexity index is 874. The molecule has 0 radical (unpaired) electrons. The molecule has 1 aromatic heterocycles. The summed E-state index contributed by atoms with van der Waals surface area (Å²) in [7, 11) is 0. The van der Waals surface area contributed by atoms with E-state index < -0.39 is 0 Å². The van der Waals surface area contributed by atoms with Gasteiger partial charge in [-0.1, -0.05) is 36.4 Å². The lowest BCUT2D eigenvalue weighted by molar-refractivity contribution is 0.219. The number of hydrogen-bond acceptors (Lipinski definition) is 2. The fourth-order valence-corrected chi connectivity index (χ4v) is 3.31. The quantitative estimate of drug-likeness (QED) is 0.789. The number of aromatic nitrogens is 2. The number of urea groups is 1. The van der Waals surface area contributed by atoms with Gasteiger partial charge in [-0.3, -0.25) is 10.00 Å². The number of carbonyl (C=O) groups is 1. The summed E-state index contributed by atoms with van der Waals surface area (Å²) in [6.45, 7) is 4.18. The number of nitrogens with zero attached hydrogens (tertiary/aromatic N) is 3. The average molecular weight is 332 g/mol. The SMILES string of the molecule is Cc1cc(N2CCN(Cc3ccccc3)C2=O)ccc1-c1cn[nH]c1. The van der Waals surface area contributed by atoms with E-state index in [1.54, 1.807) is 0 Å². The second-order valence-electron chi connectivity index (χ2n) is 6.33. The molecule has 1 fully saturated rings. The molecule has 126 valence electrons. The summed E-state index contributed by atoms with van der Waals surface area (Å²) in [6.07, 6.45) is 3.69. The van der Waals surface area contributed by atoms with Crippen LogP contribution in [0.1, 0.15) is 11.1 Å². The summed E-state index contributed by atoms with van der Waals surface area (Å²) in [6, 6.07) is 16.3. The van der Waals surface area contributed by atoms with Crippen molar-refractivity contribution in [1.29, 1.82) is 0 Å². The lowest BCUT2D eigenvalue weighted by Gasteiger charge is -2.20. The van der Waals surface area contributed by atoms with Crippen molar-refractivity contribution < 1.29 is 4.79 Å². The van der Waals surface area contributed by atoms with Gasteiger partial charge in [-0.2, -0.15) is 5.10 Å². The van der Waals surface area contributed by atoms with Crippen molar-refractivity contribution >= 4 is 11.7 Å². The Balaban J connectivity index is 1.53. The second-order valence-corrected chi connectivity index (χ2v) is 6.33. The molecule has 2 heterocycles. The molecule has 1 saturated heterocycles. The van der Waals surface area contributed by atoms with Gasteiger partial charge in [0.1, 0.15) is 0 Å². The summed E-state index contributed by atoms with van der Waals surface area (Å²) in [5.41, 5.74) is 5.43. The minimum Gasteiger partial charge on any atom is -0.318 e. The molecule has 2 amide bonds. The minimum absolute atomic E-state index is 0.0688. The van der Waals surface area contributed by atoms with Gasteiger partial charge in [-0.15, -0.1) is 0 Å². The zero-order valence-electron chi connectivity index (χ0n) is 14.1. The maximum absolute atomic E-state index is 12.8.